The van der Waals surface area contributed by atoms with Gasteiger partial charge in [-0.15, -0.1) is 0 Å². The van der Waals surface area contributed by atoms with Gasteiger partial charge in [0.25, 0.3) is 0 Å². The highest BCUT2D eigenvalue weighted by Crippen LogP contribution is 2.15. The van der Waals surface area contributed by atoms with Crippen molar-refractivity contribution in [3.63, 3.8) is 0 Å². The minimum absolute atomic E-state index is 0.355. The van der Waals surface area contributed by atoms with Gasteiger partial charge in [0.1, 0.15) is 5.75 Å². The van der Waals surface area contributed by atoms with Crippen LogP contribution in [0.15, 0.2) is 48.1 Å². The van der Waals surface area contributed by atoms with Gasteiger partial charge >= 0.3 is 5.97 Å². The van der Waals surface area contributed by atoms with Crippen LogP contribution in [0.4, 0.5) is 0 Å². The van der Waals surface area contributed by atoms with Crippen LogP contribution in [-0.4, -0.2) is 30.4 Å². The molecule has 0 aliphatic carbocycles. The van der Waals surface area contributed by atoms with E-state index in [-0.39, 0.29) is 0 Å². The number of carboxylic acid groups (broad SMARTS) is 1. The lowest BCUT2D eigenvalue weighted by Gasteiger charge is -2.13. The lowest BCUT2D eigenvalue weighted by atomic mass is 10.1. The molecule has 152 valence electrons. The molecule has 1 atom stereocenters. The summed E-state index contributed by atoms with van der Waals surface area (Å²) in [7, 11) is 0. The summed E-state index contributed by atoms with van der Waals surface area (Å²) in [4.78, 5) is 11.1. The highest BCUT2D eigenvalue weighted by Gasteiger charge is 2.17. The number of carboxylic acids is 1. The Hall–Kier alpha value is -2.07. The first kappa shape index (κ1) is 24.9. The molecule has 1 aromatic carbocycles. The third-order valence-corrected chi connectivity index (χ3v) is 3.40. The van der Waals surface area contributed by atoms with Gasteiger partial charge in [-0.1, -0.05) is 51.1 Å². The Morgan fingerprint density at radius 3 is 2.19 bits per heavy atom. The van der Waals surface area contributed by atoms with Gasteiger partial charge in [-0.25, -0.2) is 4.79 Å². The summed E-state index contributed by atoms with van der Waals surface area (Å²) >= 11 is 0. The van der Waals surface area contributed by atoms with E-state index >= 15 is 0 Å². The van der Waals surface area contributed by atoms with Crippen LogP contribution >= 0.6 is 0 Å². The third-order valence-electron chi connectivity index (χ3n) is 3.40. The highest BCUT2D eigenvalue weighted by atomic mass is 16.5. The van der Waals surface area contributed by atoms with Crippen molar-refractivity contribution in [3.8, 4) is 5.75 Å². The van der Waals surface area contributed by atoms with E-state index in [0.29, 0.717) is 19.6 Å². The second kappa shape index (κ2) is 15.0. The SMILES string of the molecule is C/C=C\C(=C/C)CCOc1ccc(C[C@H](OCC)C(=O)O)cc1.CC(C)C. The van der Waals surface area contributed by atoms with Gasteiger partial charge < -0.3 is 14.6 Å². The first-order valence-electron chi connectivity index (χ1n) is 9.67. The molecular formula is C23H36O4. The molecule has 1 rings (SSSR count). The summed E-state index contributed by atoms with van der Waals surface area (Å²) in [5.41, 5.74) is 2.16. The van der Waals surface area contributed by atoms with E-state index in [4.69, 9.17) is 14.6 Å². The zero-order valence-electron chi connectivity index (χ0n) is 17.7. The Kier molecular flexibility index (Phi) is 13.9. The molecule has 0 unspecified atom stereocenters. The molecule has 0 aromatic heterocycles. The first-order chi connectivity index (χ1) is 12.8. The van der Waals surface area contributed by atoms with E-state index in [1.54, 1.807) is 6.92 Å². The van der Waals surface area contributed by atoms with Crippen molar-refractivity contribution in [2.75, 3.05) is 13.2 Å². The van der Waals surface area contributed by atoms with Gasteiger partial charge in [0.05, 0.1) is 6.61 Å². The van der Waals surface area contributed by atoms with E-state index in [1.165, 1.54) is 5.57 Å². The Morgan fingerprint density at radius 1 is 1.15 bits per heavy atom. The van der Waals surface area contributed by atoms with E-state index < -0.39 is 12.1 Å². The molecule has 4 heteroatoms. The van der Waals surface area contributed by atoms with Gasteiger partial charge in [0.15, 0.2) is 6.10 Å². The summed E-state index contributed by atoms with van der Waals surface area (Å²) in [5.74, 6) is 0.683. The molecule has 0 heterocycles. The summed E-state index contributed by atoms with van der Waals surface area (Å²) in [6.07, 6.45) is 6.58. The fourth-order valence-corrected chi connectivity index (χ4v) is 2.18. The molecule has 0 amide bonds. The zero-order valence-corrected chi connectivity index (χ0v) is 17.7. The van der Waals surface area contributed by atoms with Crippen molar-refractivity contribution >= 4 is 5.97 Å². The fraction of sp³-hybridized carbons (Fsp3) is 0.522. The quantitative estimate of drug-likeness (QED) is 0.534. The van der Waals surface area contributed by atoms with Crippen LogP contribution in [-0.2, 0) is 16.0 Å². The smallest absolute Gasteiger partial charge is 0.333 e. The second-order valence-corrected chi connectivity index (χ2v) is 6.82. The van der Waals surface area contributed by atoms with Crippen LogP contribution in [0.3, 0.4) is 0 Å². The van der Waals surface area contributed by atoms with Crippen molar-refractivity contribution in [2.45, 2.75) is 60.5 Å². The maximum absolute atomic E-state index is 11.1. The Bertz CT molecular complexity index is 568. The minimum Gasteiger partial charge on any atom is -0.493 e. The van der Waals surface area contributed by atoms with Gasteiger partial charge in [0, 0.05) is 19.4 Å². The maximum atomic E-state index is 11.1. The maximum Gasteiger partial charge on any atom is 0.333 e. The van der Waals surface area contributed by atoms with E-state index in [2.05, 4.69) is 32.9 Å². The van der Waals surface area contributed by atoms with Crippen molar-refractivity contribution < 1.29 is 19.4 Å². The summed E-state index contributed by atoms with van der Waals surface area (Å²) in [6, 6.07) is 7.50. The highest BCUT2D eigenvalue weighted by molar-refractivity contribution is 5.72. The Morgan fingerprint density at radius 2 is 1.74 bits per heavy atom. The Labute approximate surface area is 164 Å². The van der Waals surface area contributed by atoms with Gasteiger partial charge in [0.2, 0.25) is 0 Å². The van der Waals surface area contributed by atoms with Crippen LogP contribution < -0.4 is 4.74 Å². The normalized spacial score (nSPS) is 12.6. The van der Waals surface area contributed by atoms with Crippen LogP contribution in [0.1, 0.15) is 53.5 Å². The molecule has 4 nitrogen and oxygen atoms in total. The van der Waals surface area contributed by atoms with Crippen molar-refractivity contribution in [2.24, 2.45) is 5.92 Å². The number of benzene rings is 1. The number of hydrogen-bond donors (Lipinski definition) is 1. The van der Waals surface area contributed by atoms with Crippen LogP contribution in [0.5, 0.6) is 5.75 Å². The Balaban J connectivity index is 0.00000153. The largest absolute Gasteiger partial charge is 0.493 e. The molecule has 0 fully saturated rings. The lowest BCUT2D eigenvalue weighted by molar-refractivity contribution is -0.149. The predicted octanol–water partition coefficient (Wildman–Crippen LogP) is 5.67. The average molecular weight is 377 g/mol. The number of carbonyl (C=O) groups is 1. The lowest BCUT2D eigenvalue weighted by Crippen LogP contribution is -2.26. The van der Waals surface area contributed by atoms with E-state index in [1.807, 2.05) is 44.2 Å². The molecule has 0 spiro atoms. The first-order valence-corrected chi connectivity index (χ1v) is 9.67. The topological polar surface area (TPSA) is 55.8 Å². The summed E-state index contributed by atoms with van der Waals surface area (Å²) in [5, 5.41) is 9.09. The van der Waals surface area contributed by atoms with Crippen molar-refractivity contribution in [1.29, 1.82) is 0 Å². The number of aliphatic carboxylic acids is 1. The predicted molar refractivity (Wildman–Crippen MR) is 112 cm³/mol. The van der Waals surface area contributed by atoms with Crippen LogP contribution in [0, 0.1) is 5.92 Å². The fourth-order valence-electron chi connectivity index (χ4n) is 2.18. The number of rotatable bonds is 10. The van der Waals surface area contributed by atoms with Crippen molar-refractivity contribution in [1.82, 2.24) is 0 Å². The molecule has 0 bridgehead atoms. The van der Waals surface area contributed by atoms with Crippen LogP contribution in [0.25, 0.3) is 0 Å². The standard InChI is InChI=1S/C19H26O4.C4H10/c1-4-7-15(5-2)12-13-23-17-10-8-16(9-11-17)14-18(19(20)21)22-6-3;1-4(2)3/h4-5,7-11,18H,6,12-14H2,1-3H3,(H,20,21);4H,1-3H3/b7-4-,15-5+;/t18-;/m0./s1. The minimum atomic E-state index is -0.935. The van der Waals surface area contributed by atoms with Gasteiger partial charge in [-0.3, -0.25) is 0 Å². The number of hydrogen-bond acceptors (Lipinski definition) is 3. The number of ether oxygens (including phenoxy) is 2. The summed E-state index contributed by atoms with van der Waals surface area (Å²) < 4.78 is 10.9. The third kappa shape index (κ3) is 12.8. The average Bonchev–Trinajstić information content (AvgIpc) is 2.61. The molecule has 0 saturated heterocycles. The van der Waals surface area contributed by atoms with E-state index in [9.17, 15) is 4.79 Å². The van der Waals surface area contributed by atoms with Gasteiger partial charge in [-0.05, 0) is 50.0 Å². The zero-order chi connectivity index (χ0) is 20.7. The van der Waals surface area contributed by atoms with Gasteiger partial charge in [-0.2, -0.15) is 0 Å². The monoisotopic (exact) mass is 376 g/mol. The van der Waals surface area contributed by atoms with Crippen molar-refractivity contribution in [3.05, 3.63) is 53.6 Å². The molecule has 1 N–H and O–H groups in total. The molecular weight excluding hydrogens is 340 g/mol. The molecule has 0 saturated carbocycles. The second-order valence-electron chi connectivity index (χ2n) is 6.82. The number of allylic oxidation sites excluding steroid dienone is 3. The molecule has 27 heavy (non-hydrogen) atoms. The molecule has 0 radical (unpaired) electrons. The summed E-state index contributed by atoms with van der Waals surface area (Å²) in [6.45, 7) is 13.3. The van der Waals surface area contributed by atoms with E-state index in [0.717, 1.165) is 23.7 Å². The molecule has 0 aliphatic rings. The molecule has 1 aromatic rings. The van der Waals surface area contributed by atoms with Crippen LogP contribution in [0.2, 0.25) is 0 Å². The molecule has 0 aliphatic heterocycles.